The Labute approximate surface area is 159 Å². The van der Waals surface area contributed by atoms with E-state index in [1.54, 1.807) is 43.3 Å². The van der Waals surface area contributed by atoms with Gasteiger partial charge in [-0.15, -0.1) is 0 Å². The minimum absolute atomic E-state index is 0.0794. The molecule has 0 saturated carbocycles. The number of halogens is 1. The Morgan fingerprint density at radius 1 is 1.31 bits per heavy atom. The number of imide groups is 1. The summed E-state index contributed by atoms with van der Waals surface area (Å²) in [6.45, 7) is 1.97. The van der Waals surface area contributed by atoms with Crippen LogP contribution in [-0.2, 0) is 4.79 Å². The van der Waals surface area contributed by atoms with Crippen molar-refractivity contribution in [2.45, 2.75) is 6.92 Å². The number of rotatable bonds is 5. The quantitative estimate of drug-likeness (QED) is 0.787. The van der Waals surface area contributed by atoms with Gasteiger partial charge in [0.05, 0.1) is 11.2 Å². The smallest absolute Gasteiger partial charge is 0.293 e. The van der Waals surface area contributed by atoms with Crippen molar-refractivity contribution in [2.75, 3.05) is 13.1 Å². The Kier molecular flexibility index (Phi) is 5.49. The van der Waals surface area contributed by atoms with E-state index in [2.05, 4.69) is 5.32 Å². The van der Waals surface area contributed by atoms with Crippen molar-refractivity contribution in [3.05, 3.63) is 63.4 Å². The van der Waals surface area contributed by atoms with Gasteiger partial charge in [0.15, 0.2) is 5.76 Å². The zero-order valence-electron chi connectivity index (χ0n) is 13.8. The molecular formula is C18H15ClN2O4S. The molecule has 0 unspecified atom stereocenters. The van der Waals surface area contributed by atoms with Crippen LogP contribution in [0.15, 0.2) is 45.9 Å². The molecule has 3 amide bonds. The highest BCUT2D eigenvalue weighted by atomic mass is 35.5. The van der Waals surface area contributed by atoms with Crippen LogP contribution in [0.3, 0.4) is 0 Å². The first-order valence-electron chi connectivity index (χ1n) is 7.79. The first kappa shape index (κ1) is 18.3. The molecular weight excluding hydrogens is 376 g/mol. The Morgan fingerprint density at radius 2 is 2.08 bits per heavy atom. The number of thioether (sulfide) groups is 1. The standard InChI is InChI=1S/C18H15ClN2O4S/c1-11-6-9-25-15(11)16(22)20-7-8-21-17(23)14(26-18(21)24)10-12-4-2-3-5-13(12)19/h2-6,9-10H,7-8H2,1H3,(H,20,22)/b14-10-. The maximum Gasteiger partial charge on any atom is 0.293 e. The van der Waals surface area contributed by atoms with Gasteiger partial charge in [0, 0.05) is 23.7 Å². The molecule has 1 aliphatic heterocycles. The lowest BCUT2D eigenvalue weighted by Crippen LogP contribution is -2.37. The van der Waals surface area contributed by atoms with Gasteiger partial charge in [-0.3, -0.25) is 19.3 Å². The highest BCUT2D eigenvalue weighted by Crippen LogP contribution is 2.33. The minimum Gasteiger partial charge on any atom is -0.459 e. The van der Waals surface area contributed by atoms with Gasteiger partial charge in [-0.1, -0.05) is 29.8 Å². The number of nitrogens with one attached hydrogen (secondary N) is 1. The Balaban J connectivity index is 1.62. The van der Waals surface area contributed by atoms with Gasteiger partial charge in [0.1, 0.15) is 0 Å². The summed E-state index contributed by atoms with van der Waals surface area (Å²) in [6, 6.07) is 8.75. The van der Waals surface area contributed by atoms with E-state index in [4.69, 9.17) is 16.0 Å². The molecule has 1 saturated heterocycles. The van der Waals surface area contributed by atoms with Crippen LogP contribution in [0.4, 0.5) is 4.79 Å². The van der Waals surface area contributed by atoms with Gasteiger partial charge in [-0.05, 0) is 42.5 Å². The van der Waals surface area contributed by atoms with Crippen LogP contribution in [0, 0.1) is 6.92 Å². The Morgan fingerprint density at radius 3 is 2.77 bits per heavy atom. The van der Waals surface area contributed by atoms with Crippen LogP contribution in [0.1, 0.15) is 21.7 Å². The number of hydrogen-bond donors (Lipinski definition) is 1. The topological polar surface area (TPSA) is 79.6 Å². The second-order valence-corrected chi connectivity index (χ2v) is 6.94. The lowest BCUT2D eigenvalue weighted by atomic mass is 10.2. The predicted molar refractivity (Wildman–Crippen MR) is 99.9 cm³/mol. The first-order valence-corrected chi connectivity index (χ1v) is 8.99. The van der Waals surface area contributed by atoms with Crippen LogP contribution in [0.5, 0.6) is 0 Å². The Hall–Kier alpha value is -2.51. The molecule has 0 bridgehead atoms. The third kappa shape index (κ3) is 3.84. The molecule has 1 N–H and O–H groups in total. The fourth-order valence-electron chi connectivity index (χ4n) is 2.39. The number of furan rings is 1. The summed E-state index contributed by atoms with van der Waals surface area (Å²) in [5, 5.41) is 2.76. The van der Waals surface area contributed by atoms with Gasteiger partial charge in [0.2, 0.25) is 0 Å². The summed E-state index contributed by atoms with van der Waals surface area (Å²) in [5.74, 6) is -0.563. The highest BCUT2D eigenvalue weighted by Gasteiger charge is 2.34. The summed E-state index contributed by atoms with van der Waals surface area (Å²) in [6.07, 6.45) is 3.03. The van der Waals surface area contributed by atoms with Crippen molar-refractivity contribution in [3.63, 3.8) is 0 Å². The predicted octanol–water partition coefficient (Wildman–Crippen LogP) is 3.71. The van der Waals surface area contributed by atoms with Crippen LogP contribution < -0.4 is 5.32 Å². The van der Waals surface area contributed by atoms with E-state index >= 15 is 0 Å². The summed E-state index contributed by atoms with van der Waals surface area (Å²) in [5.41, 5.74) is 1.39. The molecule has 2 aromatic rings. The fraction of sp³-hybridized carbons (Fsp3) is 0.167. The zero-order chi connectivity index (χ0) is 18.7. The normalized spacial score (nSPS) is 15.8. The molecule has 1 aromatic heterocycles. The van der Waals surface area contributed by atoms with Gasteiger partial charge in [-0.2, -0.15) is 0 Å². The van der Waals surface area contributed by atoms with E-state index < -0.39 is 5.91 Å². The van der Waals surface area contributed by atoms with E-state index in [1.165, 1.54) is 6.26 Å². The zero-order valence-corrected chi connectivity index (χ0v) is 15.4. The maximum absolute atomic E-state index is 12.4. The summed E-state index contributed by atoms with van der Waals surface area (Å²) < 4.78 is 5.10. The van der Waals surface area contributed by atoms with Crippen molar-refractivity contribution in [3.8, 4) is 0 Å². The summed E-state index contributed by atoms with van der Waals surface area (Å²) in [4.78, 5) is 37.9. The molecule has 0 radical (unpaired) electrons. The Bertz CT molecular complexity index is 906. The molecule has 1 aromatic carbocycles. The average Bonchev–Trinajstić information content (AvgIpc) is 3.15. The maximum atomic E-state index is 12.4. The van der Waals surface area contributed by atoms with Crippen molar-refractivity contribution >= 4 is 46.5 Å². The third-order valence-electron chi connectivity index (χ3n) is 3.75. The number of benzene rings is 1. The lowest BCUT2D eigenvalue weighted by molar-refractivity contribution is -0.122. The highest BCUT2D eigenvalue weighted by molar-refractivity contribution is 8.18. The molecule has 1 fully saturated rings. The second kappa shape index (κ2) is 7.80. The summed E-state index contributed by atoms with van der Waals surface area (Å²) >= 11 is 6.94. The van der Waals surface area contributed by atoms with Crippen LogP contribution in [0.2, 0.25) is 5.02 Å². The molecule has 0 spiro atoms. The number of nitrogens with zero attached hydrogens (tertiary/aromatic N) is 1. The molecule has 3 rings (SSSR count). The fourth-order valence-corrected chi connectivity index (χ4v) is 3.44. The molecule has 1 aliphatic rings. The van der Waals surface area contributed by atoms with Gasteiger partial charge >= 0.3 is 0 Å². The molecule has 26 heavy (non-hydrogen) atoms. The van der Waals surface area contributed by atoms with E-state index in [9.17, 15) is 14.4 Å². The third-order valence-corrected chi connectivity index (χ3v) is 5.01. The van der Waals surface area contributed by atoms with Crippen molar-refractivity contribution in [2.24, 2.45) is 0 Å². The number of amides is 3. The largest absolute Gasteiger partial charge is 0.459 e. The van der Waals surface area contributed by atoms with Crippen LogP contribution in [-0.4, -0.2) is 35.0 Å². The number of hydrogen-bond acceptors (Lipinski definition) is 5. The molecule has 134 valence electrons. The molecule has 0 aliphatic carbocycles. The molecule has 8 heteroatoms. The van der Waals surface area contributed by atoms with Gasteiger partial charge in [0.25, 0.3) is 17.1 Å². The van der Waals surface area contributed by atoms with Crippen molar-refractivity contribution < 1.29 is 18.8 Å². The van der Waals surface area contributed by atoms with Crippen LogP contribution in [0.25, 0.3) is 6.08 Å². The van der Waals surface area contributed by atoms with Crippen molar-refractivity contribution in [1.29, 1.82) is 0 Å². The lowest BCUT2D eigenvalue weighted by Gasteiger charge is -2.12. The molecule has 6 nitrogen and oxygen atoms in total. The SMILES string of the molecule is Cc1ccoc1C(=O)NCCN1C(=O)S/C(=C\c2ccccc2Cl)C1=O. The van der Waals surface area contributed by atoms with Gasteiger partial charge in [-0.25, -0.2) is 0 Å². The summed E-state index contributed by atoms with van der Waals surface area (Å²) in [7, 11) is 0. The second-order valence-electron chi connectivity index (χ2n) is 5.54. The molecule has 2 heterocycles. The van der Waals surface area contributed by atoms with E-state index in [-0.39, 0.29) is 30.0 Å². The first-order chi connectivity index (χ1) is 12.5. The molecule has 0 atom stereocenters. The number of aryl methyl sites for hydroxylation is 1. The monoisotopic (exact) mass is 390 g/mol. The number of carbonyl (C=O) groups is 3. The van der Waals surface area contributed by atoms with Gasteiger partial charge < -0.3 is 9.73 Å². The van der Waals surface area contributed by atoms with Crippen molar-refractivity contribution in [1.82, 2.24) is 10.2 Å². The minimum atomic E-state index is -0.400. The van der Waals surface area contributed by atoms with E-state index in [0.717, 1.165) is 22.2 Å². The van der Waals surface area contributed by atoms with E-state index in [1.807, 2.05) is 0 Å². The van der Waals surface area contributed by atoms with E-state index in [0.29, 0.717) is 15.5 Å². The number of carbonyl (C=O) groups excluding carboxylic acids is 3. The average molecular weight is 391 g/mol. The van der Waals surface area contributed by atoms with Crippen LogP contribution >= 0.6 is 23.4 Å².